The third-order valence-electron chi connectivity index (χ3n) is 7.99. The molecule has 0 bridgehead atoms. The standard InChI is InChI=1S/C31H37F3N8O2/c1-4-28(43)36-21-6-5-7-22(18-21)37-29-25(31(32,33)34)20-35-30(39-29)38-26-9-8-24(19-27(26)44-3)41-12-10-23(11-13-41)42-16-14-40(2)15-17-42/h4-9,18-20,23H,1,10-17H2,2-3H3,(H,36,43)(H2,35,37,38,39). The van der Waals surface area contributed by atoms with Crippen LogP contribution in [0.3, 0.4) is 0 Å². The summed E-state index contributed by atoms with van der Waals surface area (Å²) < 4.78 is 47.2. The van der Waals surface area contributed by atoms with Gasteiger partial charge >= 0.3 is 6.18 Å². The molecule has 3 heterocycles. The second-order valence-corrected chi connectivity index (χ2v) is 10.9. The number of carbonyl (C=O) groups excluding carboxylic acids is 1. The molecule has 3 N–H and O–H groups in total. The number of amides is 1. The number of methoxy groups -OCH3 is 1. The van der Waals surface area contributed by atoms with E-state index < -0.39 is 23.5 Å². The number of nitrogens with zero attached hydrogens (tertiary/aromatic N) is 5. The Hall–Kier alpha value is -4.36. The molecule has 0 spiro atoms. The van der Waals surface area contributed by atoms with Gasteiger partial charge in [0.2, 0.25) is 11.9 Å². The number of piperazine rings is 1. The third-order valence-corrected chi connectivity index (χ3v) is 7.99. The number of ether oxygens (including phenoxy) is 1. The van der Waals surface area contributed by atoms with E-state index in [0.29, 0.717) is 28.9 Å². The minimum atomic E-state index is -4.70. The van der Waals surface area contributed by atoms with Crippen molar-refractivity contribution in [1.82, 2.24) is 19.8 Å². The maximum atomic E-state index is 13.9. The highest BCUT2D eigenvalue weighted by Crippen LogP contribution is 2.37. The van der Waals surface area contributed by atoms with Crippen molar-refractivity contribution in [1.29, 1.82) is 0 Å². The van der Waals surface area contributed by atoms with Crippen molar-refractivity contribution >= 4 is 40.4 Å². The monoisotopic (exact) mass is 610 g/mol. The Morgan fingerprint density at radius 3 is 2.43 bits per heavy atom. The first-order valence-corrected chi connectivity index (χ1v) is 14.5. The summed E-state index contributed by atoms with van der Waals surface area (Å²) in [6.45, 7) is 9.70. The second kappa shape index (κ2) is 13.5. The average molecular weight is 611 g/mol. The number of rotatable bonds is 9. The summed E-state index contributed by atoms with van der Waals surface area (Å²) in [6, 6.07) is 12.6. The van der Waals surface area contributed by atoms with Gasteiger partial charge in [0.15, 0.2) is 0 Å². The molecule has 1 amide bonds. The van der Waals surface area contributed by atoms with E-state index in [-0.39, 0.29) is 5.95 Å². The summed E-state index contributed by atoms with van der Waals surface area (Å²) >= 11 is 0. The summed E-state index contributed by atoms with van der Waals surface area (Å²) in [5.41, 5.74) is 1.17. The molecule has 0 aliphatic carbocycles. The molecule has 234 valence electrons. The summed E-state index contributed by atoms with van der Waals surface area (Å²) in [7, 11) is 3.71. The Balaban J connectivity index is 1.30. The highest BCUT2D eigenvalue weighted by molar-refractivity contribution is 5.99. The molecule has 0 radical (unpaired) electrons. The van der Waals surface area contributed by atoms with Crippen molar-refractivity contribution in [3.63, 3.8) is 0 Å². The predicted molar refractivity (Wildman–Crippen MR) is 166 cm³/mol. The van der Waals surface area contributed by atoms with E-state index in [1.165, 1.54) is 6.07 Å². The molecule has 2 aromatic carbocycles. The highest BCUT2D eigenvalue weighted by atomic mass is 19.4. The van der Waals surface area contributed by atoms with Crippen molar-refractivity contribution in [2.75, 3.05) is 74.3 Å². The summed E-state index contributed by atoms with van der Waals surface area (Å²) in [6.07, 6.45) is -0.698. The van der Waals surface area contributed by atoms with Crippen LogP contribution >= 0.6 is 0 Å². The molecule has 3 aromatic rings. The van der Waals surface area contributed by atoms with Gasteiger partial charge in [-0.3, -0.25) is 9.69 Å². The van der Waals surface area contributed by atoms with Crippen LogP contribution in [0.2, 0.25) is 0 Å². The molecule has 0 saturated carbocycles. The molecule has 10 nitrogen and oxygen atoms in total. The fourth-order valence-electron chi connectivity index (χ4n) is 5.53. The van der Waals surface area contributed by atoms with Gasteiger partial charge in [0.05, 0.1) is 12.8 Å². The molecule has 2 aliphatic heterocycles. The number of hydrogen-bond acceptors (Lipinski definition) is 9. The molecular weight excluding hydrogens is 573 g/mol. The van der Waals surface area contributed by atoms with Gasteiger partial charge in [-0.25, -0.2) is 4.98 Å². The molecule has 0 unspecified atom stereocenters. The topological polar surface area (TPSA) is 97.9 Å². The lowest BCUT2D eigenvalue weighted by molar-refractivity contribution is -0.137. The fourth-order valence-corrected chi connectivity index (χ4v) is 5.53. The van der Waals surface area contributed by atoms with Gasteiger partial charge in [-0.05, 0) is 56.3 Å². The summed E-state index contributed by atoms with van der Waals surface area (Å²) in [5.74, 6) is -0.411. The largest absolute Gasteiger partial charge is 0.494 e. The predicted octanol–water partition coefficient (Wildman–Crippen LogP) is 5.33. The number of nitrogens with one attached hydrogen (secondary N) is 3. The zero-order chi connectivity index (χ0) is 31.3. The van der Waals surface area contributed by atoms with Gasteiger partial charge in [-0.15, -0.1) is 0 Å². The van der Waals surface area contributed by atoms with Gasteiger partial charge in [0.25, 0.3) is 0 Å². The van der Waals surface area contributed by atoms with Crippen LogP contribution in [0.15, 0.2) is 61.3 Å². The first-order valence-electron chi connectivity index (χ1n) is 14.5. The molecule has 1 aromatic heterocycles. The van der Waals surface area contributed by atoms with Crippen LogP contribution in [-0.2, 0) is 11.0 Å². The van der Waals surface area contributed by atoms with Crippen molar-refractivity contribution in [3.05, 3.63) is 66.9 Å². The van der Waals surface area contributed by atoms with Crippen LogP contribution in [0, 0.1) is 0 Å². The number of hydrogen-bond donors (Lipinski definition) is 3. The molecule has 5 rings (SSSR count). The van der Waals surface area contributed by atoms with E-state index >= 15 is 0 Å². The van der Waals surface area contributed by atoms with E-state index in [9.17, 15) is 18.0 Å². The number of carbonyl (C=O) groups is 1. The van der Waals surface area contributed by atoms with Crippen LogP contribution in [0.1, 0.15) is 18.4 Å². The maximum Gasteiger partial charge on any atom is 0.421 e. The number of anilines is 6. The molecule has 2 saturated heterocycles. The van der Waals surface area contributed by atoms with Crippen molar-refractivity contribution < 1.29 is 22.7 Å². The average Bonchev–Trinajstić information content (AvgIpc) is 3.01. The van der Waals surface area contributed by atoms with Crippen molar-refractivity contribution in [3.8, 4) is 5.75 Å². The van der Waals surface area contributed by atoms with Crippen LogP contribution in [0.5, 0.6) is 5.75 Å². The van der Waals surface area contributed by atoms with E-state index in [2.05, 4.69) is 54.2 Å². The number of alkyl halides is 3. The molecule has 13 heteroatoms. The Bertz CT molecular complexity index is 1470. The zero-order valence-corrected chi connectivity index (χ0v) is 24.8. The third kappa shape index (κ3) is 7.58. The lowest BCUT2D eigenvalue weighted by Gasteiger charge is -2.42. The zero-order valence-electron chi connectivity index (χ0n) is 24.8. The van der Waals surface area contributed by atoms with E-state index in [4.69, 9.17) is 4.74 Å². The molecular formula is C31H37F3N8O2. The normalized spacial score (nSPS) is 16.8. The van der Waals surface area contributed by atoms with Crippen LogP contribution < -0.4 is 25.6 Å². The number of benzene rings is 2. The van der Waals surface area contributed by atoms with Crippen molar-refractivity contribution in [2.24, 2.45) is 0 Å². The van der Waals surface area contributed by atoms with Gasteiger partial charge in [-0.1, -0.05) is 12.6 Å². The lowest BCUT2D eigenvalue weighted by Crippen LogP contribution is -2.52. The van der Waals surface area contributed by atoms with Gasteiger partial charge in [0.1, 0.15) is 17.1 Å². The van der Waals surface area contributed by atoms with Crippen LogP contribution in [-0.4, -0.2) is 85.1 Å². The first kappa shape index (κ1) is 31.1. The van der Waals surface area contributed by atoms with E-state index in [1.807, 2.05) is 18.2 Å². The maximum absolute atomic E-state index is 13.9. The van der Waals surface area contributed by atoms with Crippen molar-refractivity contribution in [2.45, 2.75) is 25.1 Å². The number of aromatic nitrogens is 2. The second-order valence-electron chi connectivity index (χ2n) is 10.9. The molecule has 2 fully saturated rings. The Morgan fingerprint density at radius 2 is 1.75 bits per heavy atom. The highest BCUT2D eigenvalue weighted by Gasteiger charge is 2.35. The smallest absolute Gasteiger partial charge is 0.421 e. The molecule has 0 atom stereocenters. The number of halogens is 3. The minimum Gasteiger partial charge on any atom is -0.494 e. The van der Waals surface area contributed by atoms with Gasteiger partial charge in [-0.2, -0.15) is 18.2 Å². The van der Waals surface area contributed by atoms with Crippen LogP contribution in [0.4, 0.5) is 47.7 Å². The first-order chi connectivity index (χ1) is 21.1. The Morgan fingerprint density at radius 1 is 1.02 bits per heavy atom. The quantitative estimate of drug-likeness (QED) is 0.278. The summed E-state index contributed by atoms with van der Waals surface area (Å²) in [5, 5.41) is 8.30. The van der Waals surface area contributed by atoms with E-state index in [0.717, 1.165) is 70.1 Å². The summed E-state index contributed by atoms with van der Waals surface area (Å²) in [4.78, 5) is 27.0. The fraction of sp³-hybridized carbons (Fsp3) is 0.387. The minimum absolute atomic E-state index is 0.0457. The number of piperidine rings is 1. The molecule has 2 aliphatic rings. The Kier molecular flexibility index (Phi) is 9.55. The number of likely N-dealkylation sites (N-methyl/N-ethyl adjacent to an activating group) is 1. The lowest BCUT2D eigenvalue weighted by atomic mass is 10.0. The van der Waals surface area contributed by atoms with Gasteiger partial charge < -0.3 is 30.5 Å². The van der Waals surface area contributed by atoms with E-state index in [1.54, 1.807) is 25.3 Å². The Labute approximate surface area is 254 Å². The van der Waals surface area contributed by atoms with Crippen LogP contribution in [0.25, 0.3) is 0 Å². The van der Waals surface area contributed by atoms with Gasteiger partial charge in [0, 0.05) is 74.6 Å². The SMILES string of the molecule is C=CC(=O)Nc1cccc(Nc2nc(Nc3ccc(N4CCC(N5CCN(C)CC5)CC4)cc3OC)ncc2C(F)(F)F)c1. The molecule has 44 heavy (non-hydrogen) atoms.